The van der Waals surface area contributed by atoms with Gasteiger partial charge in [0, 0.05) is 22.5 Å². The summed E-state index contributed by atoms with van der Waals surface area (Å²) in [5.41, 5.74) is 1.29. The second kappa shape index (κ2) is 6.19. The Labute approximate surface area is 124 Å². The number of aryl methyl sites for hydroxylation is 1. The number of H-pyrrole nitrogens is 1. The number of hydrogen-bond donors (Lipinski definition) is 3. The third-order valence-electron chi connectivity index (χ3n) is 2.62. The number of aromatic nitrogens is 1. The largest absolute Gasteiger partial charge is 0.315 e. The lowest BCUT2D eigenvalue weighted by Gasteiger charge is -2.08. The lowest BCUT2D eigenvalue weighted by Crippen LogP contribution is -2.25. The summed E-state index contributed by atoms with van der Waals surface area (Å²) in [5, 5.41) is 6.40. The zero-order valence-corrected chi connectivity index (χ0v) is 13.5. The van der Waals surface area contributed by atoms with Crippen molar-refractivity contribution in [2.24, 2.45) is 0 Å². The maximum atomic E-state index is 12.4. The molecular weight excluding hydrogens is 318 g/mol. The Morgan fingerprint density at radius 3 is 2.60 bits per heavy atom. The summed E-state index contributed by atoms with van der Waals surface area (Å²) in [4.78, 5) is 14.5. The van der Waals surface area contributed by atoms with Crippen molar-refractivity contribution in [1.29, 1.82) is 0 Å². The number of rotatable bonds is 6. The van der Waals surface area contributed by atoms with E-state index in [1.165, 1.54) is 11.3 Å². The summed E-state index contributed by atoms with van der Waals surface area (Å²) in [7, 11) is -1.81. The summed E-state index contributed by atoms with van der Waals surface area (Å²) < 4.78 is 27.3. The molecule has 9 heteroatoms. The van der Waals surface area contributed by atoms with Gasteiger partial charge in [0.15, 0.2) is 0 Å². The van der Waals surface area contributed by atoms with Crippen LogP contribution in [-0.4, -0.2) is 20.4 Å². The van der Waals surface area contributed by atoms with Crippen LogP contribution in [0.3, 0.4) is 0 Å². The Kier molecular flexibility index (Phi) is 4.76. The minimum Gasteiger partial charge on any atom is -0.315 e. The van der Waals surface area contributed by atoms with Gasteiger partial charge in [-0.3, -0.25) is 4.79 Å². The Hall–Kier alpha value is -1.00. The van der Waals surface area contributed by atoms with Crippen LogP contribution < -0.4 is 14.9 Å². The van der Waals surface area contributed by atoms with E-state index in [0.29, 0.717) is 17.1 Å². The zero-order chi connectivity index (χ0) is 14.8. The SMILES string of the molecule is CNCc1scc(C)c1S(=O)(=O)NCc1csc(=O)[nH]1. The van der Waals surface area contributed by atoms with Gasteiger partial charge in [-0.1, -0.05) is 11.3 Å². The molecular formula is C11H15N3O3S3. The van der Waals surface area contributed by atoms with Gasteiger partial charge in [0.25, 0.3) is 0 Å². The Morgan fingerprint density at radius 1 is 1.25 bits per heavy atom. The summed E-state index contributed by atoms with van der Waals surface area (Å²) >= 11 is 2.43. The molecule has 0 saturated heterocycles. The third kappa shape index (κ3) is 3.36. The van der Waals surface area contributed by atoms with E-state index in [1.807, 2.05) is 5.38 Å². The van der Waals surface area contributed by atoms with E-state index < -0.39 is 10.0 Å². The molecule has 0 bridgehead atoms. The number of thiazole rings is 1. The highest BCUT2D eigenvalue weighted by atomic mass is 32.2. The molecule has 20 heavy (non-hydrogen) atoms. The smallest absolute Gasteiger partial charge is 0.304 e. The van der Waals surface area contributed by atoms with Gasteiger partial charge in [0.1, 0.15) is 4.90 Å². The van der Waals surface area contributed by atoms with Gasteiger partial charge in [-0.25, -0.2) is 13.1 Å². The Morgan fingerprint density at radius 2 is 2.00 bits per heavy atom. The van der Waals surface area contributed by atoms with Crippen molar-refractivity contribution in [3.05, 3.63) is 36.6 Å². The van der Waals surface area contributed by atoms with Crippen LogP contribution in [0.4, 0.5) is 0 Å². The first-order chi connectivity index (χ1) is 9.44. The van der Waals surface area contributed by atoms with Crippen molar-refractivity contribution in [2.75, 3.05) is 7.05 Å². The van der Waals surface area contributed by atoms with Gasteiger partial charge < -0.3 is 10.3 Å². The molecule has 6 nitrogen and oxygen atoms in total. The van der Waals surface area contributed by atoms with Crippen molar-refractivity contribution < 1.29 is 8.42 Å². The fourth-order valence-corrected chi connectivity index (χ4v) is 5.18. The molecule has 2 aromatic heterocycles. The fraction of sp³-hybridized carbons (Fsp3) is 0.364. The van der Waals surface area contributed by atoms with Crippen LogP contribution in [0.1, 0.15) is 16.1 Å². The summed E-state index contributed by atoms with van der Waals surface area (Å²) in [6, 6.07) is 0. The lowest BCUT2D eigenvalue weighted by molar-refractivity contribution is 0.579. The maximum Gasteiger partial charge on any atom is 0.304 e. The summed E-state index contributed by atoms with van der Waals surface area (Å²) in [5.74, 6) is 0. The van der Waals surface area contributed by atoms with E-state index >= 15 is 0 Å². The molecule has 3 N–H and O–H groups in total. The molecule has 0 fully saturated rings. The van der Waals surface area contributed by atoms with Gasteiger partial charge in [0.2, 0.25) is 10.0 Å². The predicted molar refractivity (Wildman–Crippen MR) is 80.8 cm³/mol. The molecule has 0 unspecified atom stereocenters. The van der Waals surface area contributed by atoms with Crippen molar-refractivity contribution in [3.63, 3.8) is 0 Å². The second-order valence-corrected chi connectivity index (χ2v) is 7.71. The fourth-order valence-electron chi connectivity index (χ4n) is 1.78. The topological polar surface area (TPSA) is 91.1 Å². The quantitative estimate of drug-likeness (QED) is 0.736. The highest BCUT2D eigenvalue weighted by Gasteiger charge is 2.22. The molecule has 0 saturated carbocycles. The molecule has 110 valence electrons. The van der Waals surface area contributed by atoms with E-state index in [9.17, 15) is 13.2 Å². The van der Waals surface area contributed by atoms with Crippen LogP contribution in [0.25, 0.3) is 0 Å². The monoisotopic (exact) mass is 333 g/mol. The first-order valence-electron chi connectivity index (χ1n) is 5.82. The molecule has 2 aromatic rings. The minimum atomic E-state index is -3.59. The first-order valence-corrected chi connectivity index (χ1v) is 9.06. The summed E-state index contributed by atoms with van der Waals surface area (Å²) in [6.07, 6.45) is 0. The van der Waals surface area contributed by atoms with Crippen molar-refractivity contribution >= 4 is 32.7 Å². The molecule has 0 amide bonds. The first kappa shape index (κ1) is 15.4. The molecule has 0 aromatic carbocycles. The van der Waals surface area contributed by atoms with Crippen LogP contribution in [0, 0.1) is 6.92 Å². The van der Waals surface area contributed by atoms with Crippen LogP contribution in [0.2, 0.25) is 0 Å². The Balaban J connectivity index is 2.22. The molecule has 0 spiro atoms. The minimum absolute atomic E-state index is 0.0787. The van der Waals surface area contributed by atoms with E-state index in [0.717, 1.165) is 21.8 Å². The van der Waals surface area contributed by atoms with Crippen molar-refractivity contribution in [2.45, 2.75) is 24.9 Å². The molecule has 0 aliphatic carbocycles. The van der Waals surface area contributed by atoms with Crippen LogP contribution in [0.15, 0.2) is 20.5 Å². The highest BCUT2D eigenvalue weighted by Crippen LogP contribution is 2.26. The number of thiophene rings is 1. The normalized spacial score (nSPS) is 11.9. The predicted octanol–water partition coefficient (Wildman–Crippen LogP) is 1.00. The molecule has 0 aliphatic rings. The second-order valence-electron chi connectivity index (χ2n) is 4.20. The van der Waals surface area contributed by atoms with Crippen LogP contribution >= 0.6 is 22.7 Å². The molecule has 2 rings (SSSR count). The van der Waals surface area contributed by atoms with Crippen LogP contribution in [-0.2, 0) is 23.1 Å². The molecule has 0 aliphatic heterocycles. The average Bonchev–Trinajstić information content (AvgIpc) is 2.95. The number of nitrogens with one attached hydrogen (secondary N) is 3. The number of sulfonamides is 1. The van der Waals surface area contributed by atoms with Gasteiger partial charge in [-0.05, 0) is 24.9 Å². The lowest BCUT2D eigenvalue weighted by atomic mass is 10.3. The third-order valence-corrected chi connectivity index (χ3v) is 6.20. The maximum absolute atomic E-state index is 12.4. The van der Waals surface area contributed by atoms with Gasteiger partial charge in [0.05, 0.1) is 6.54 Å². The van der Waals surface area contributed by atoms with E-state index in [4.69, 9.17) is 0 Å². The van der Waals surface area contributed by atoms with Gasteiger partial charge in [-0.2, -0.15) is 0 Å². The molecule has 2 heterocycles. The number of hydrogen-bond acceptors (Lipinski definition) is 6. The summed E-state index contributed by atoms with van der Waals surface area (Å²) in [6.45, 7) is 2.36. The van der Waals surface area contributed by atoms with Crippen molar-refractivity contribution in [1.82, 2.24) is 15.0 Å². The van der Waals surface area contributed by atoms with E-state index in [2.05, 4.69) is 15.0 Å². The highest BCUT2D eigenvalue weighted by molar-refractivity contribution is 7.89. The number of aromatic amines is 1. The average molecular weight is 333 g/mol. The molecule has 0 atom stereocenters. The van der Waals surface area contributed by atoms with E-state index in [1.54, 1.807) is 19.4 Å². The van der Waals surface area contributed by atoms with Crippen molar-refractivity contribution in [3.8, 4) is 0 Å². The van der Waals surface area contributed by atoms with Crippen LogP contribution in [0.5, 0.6) is 0 Å². The van der Waals surface area contributed by atoms with Gasteiger partial charge >= 0.3 is 4.87 Å². The zero-order valence-electron chi connectivity index (χ0n) is 11.0. The molecule has 0 radical (unpaired) electrons. The standard InChI is InChI=1S/C11H15N3O3S3/c1-7-5-18-9(4-12-2)10(7)20(16,17)13-3-8-6-19-11(15)14-8/h5-6,12-13H,3-4H2,1-2H3,(H,14,15). The Bertz CT molecular complexity index is 742. The van der Waals surface area contributed by atoms with Gasteiger partial charge in [-0.15, -0.1) is 11.3 Å². The van der Waals surface area contributed by atoms with E-state index in [-0.39, 0.29) is 11.4 Å².